The van der Waals surface area contributed by atoms with Crippen molar-refractivity contribution < 1.29 is 4.79 Å². The number of halogens is 2. The van der Waals surface area contributed by atoms with E-state index in [-0.39, 0.29) is 5.91 Å². The van der Waals surface area contributed by atoms with E-state index in [9.17, 15) is 4.79 Å². The van der Waals surface area contributed by atoms with Crippen LogP contribution in [0.15, 0.2) is 36.7 Å². The van der Waals surface area contributed by atoms with Crippen molar-refractivity contribution in [3.63, 3.8) is 0 Å². The highest BCUT2D eigenvalue weighted by Gasteiger charge is 2.00. The molecule has 92 valence electrons. The molecule has 0 aliphatic heterocycles. The first-order valence-electron chi connectivity index (χ1n) is 5.08. The molecule has 6 heteroatoms. The quantitative estimate of drug-likeness (QED) is 0.848. The molecule has 0 aliphatic carbocycles. The second-order valence-corrected chi connectivity index (χ2v) is 4.32. The Hall–Kier alpha value is -1.78. The van der Waals surface area contributed by atoms with Crippen LogP contribution in [0.5, 0.6) is 0 Å². The number of aromatic nitrogens is 2. The molecule has 0 unspecified atom stereocenters. The van der Waals surface area contributed by atoms with Crippen molar-refractivity contribution in [2.24, 2.45) is 0 Å². The van der Waals surface area contributed by atoms with Crippen LogP contribution in [0.2, 0.25) is 10.0 Å². The smallest absolute Gasteiger partial charge is 0.248 e. The van der Waals surface area contributed by atoms with Gasteiger partial charge in [-0.3, -0.25) is 9.89 Å². The van der Waals surface area contributed by atoms with Crippen molar-refractivity contribution in [3.05, 3.63) is 52.3 Å². The zero-order chi connectivity index (χ0) is 13.0. The molecular weight excluding hydrogens is 273 g/mol. The second kappa shape index (κ2) is 5.71. The van der Waals surface area contributed by atoms with Crippen molar-refractivity contribution in [3.8, 4) is 0 Å². The predicted molar refractivity (Wildman–Crippen MR) is 72.7 cm³/mol. The molecular formula is C12H9Cl2N3O. The van der Waals surface area contributed by atoms with Crippen molar-refractivity contribution in [1.82, 2.24) is 10.2 Å². The minimum absolute atomic E-state index is 0.262. The summed E-state index contributed by atoms with van der Waals surface area (Å²) in [5.41, 5.74) is 1.33. The molecule has 0 aliphatic rings. The SMILES string of the molecule is O=C(/C=C/c1ccc(Cl)cc1Cl)Nc1cn[nH]c1. The fourth-order valence-electron chi connectivity index (χ4n) is 1.31. The van der Waals surface area contributed by atoms with E-state index < -0.39 is 0 Å². The van der Waals surface area contributed by atoms with Gasteiger partial charge in [0.1, 0.15) is 0 Å². The average Bonchev–Trinajstić information content (AvgIpc) is 2.80. The van der Waals surface area contributed by atoms with Gasteiger partial charge < -0.3 is 5.32 Å². The maximum absolute atomic E-state index is 11.6. The Kier molecular flexibility index (Phi) is 4.02. The monoisotopic (exact) mass is 281 g/mol. The molecule has 0 saturated carbocycles. The molecule has 0 radical (unpaired) electrons. The van der Waals surface area contributed by atoms with Gasteiger partial charge in [-0.05, 0) is 23.8 Å². The Labute approximate surface area is 114 Å². The van der Waals surface area contributed by atoms with Gasteiger partial charge in [0.05, 0.1) is 11.9 Å². The first-order chi connectivity index (χ1) is 8.65. The zero-order valence-corrected chi connectivity index (χ0v) is 10.7. The highest BCUT2D eigenvalue weighted by atomic mass is 35.5. The molecule has 0 bridgehead atoms. The maximum Gasteiger partial charge on any atom is 0.248 e. The lowest BCUT2D eigenvalue weighted by Crippen LogP contribution is -2.06. The normalized spacial score (nSPS) is 10.8. The van der Waals surface area contributed by atoms with Gasteiger partial charge in [0.15, 0.2) is 0 Å². The molecule has 1 heterocycles. The van der Waals surface area contributed by atoms with E-state index in [1.54, 1.807) is 30.5 Å². The highest BCUT2D eigenvalue weighted by molar-refractivity contribution is 6.35. The highest BCUT2D eigenvalue weighted by Crippen LogP contribution is 2.21. The molecule has 18 heavy (non-hydrogen) atoms. The lowest BCUT2D eigenvalue weighted by molar-refractivity contribution is -0.111. The third-order valence-electron chi connectivity index (χ3n) is 2.14. The first-order valence-corrected chi connectivity index (χ1v) is 5.83. The number of amides is 1. The Morgan fingerprint density at radius 3 is 2.89 bits per heavy atom. The van der Waals surface area contributed by atoms with Crippen molar-refractivity contribution in [2.75, 3.05) is 5.32 Å². The van der Waals surface area contributed by atoms with Crippen LogP contribution in [0.4, 0.5) is 5.69 Å². The van der Waals surface area contributed by atoms with Crippen LogP contribution in [0.1, 0.15) is 5.56 Å². The Morgan fingerprint density at radius 2 is 2.22 bits per heavy atom. The number of carbonyl (C=O) groups excluding carboxylic acids is 1. The Morgan fingerprint density at radius 1 is 1.39 bits per heavy atom. The molecule has 0 atom stereocenters. The molecule has 1 aromatic heterocycles. The number of hydrogen-bond acceptors (Lipinski definition) is 2. The van der Waals surface area contributed by atoms with Crippen LogP contribution >= 0.6 is 23.2 Å². The number of aromatic amines is 1. The zero-order valence-electron chi connectivity index (χ0n) is 9.15. The van der Waals surface area contributed by atoms with Gasteiger partial charge in [-0.15, -0.1) is 0 Å². The van der Waals surface area contributed by atoms with E-state index in [0.29, 0.717) is 15.7 Å². The number of nitrogens with zero attached hydrogens (tertiary/aromatic N) is 1. The van der Waals surface area contributed by atoms with Crippen LogP contribution in [0.25, 0.3) is 6.08 Å². The molecule has 0 fully saturated rings. The number of rotatable bonds is 3. The third-order valence-corrected chi connectivity index (χ3v) is 2.70. The molecule has 0 spiro atoms. The van der Waals surface area contributed by atoms with Crippen LogP contribution in [0.3, 0.4) is 0 Å². The number of carbonyl (C=O) groups is 1. The van der Waals surface area contributed by atoms with Crippen LogP contribution in [-0.2, 0) is 4.79 Å². The minimum atomic E-state index is -0.262. The molecule has 0 saturated heterocycles. The fraction of sp³-hybridized carbons (Fsp3) is 0. The number of hydrogen-bond donors (Lipinski definition) is 2. The molecule has 1 aromatic carbocycles. The summed E-state index contributed by atoms with van der Waals surface area (Å²) < 4.78 is 0. The van der Waals surface area contributed by atoms with Crippen LogP contribution in [0, 0.1) is 0 Å². The van der Waals surface area contributed by atoms with Gasteiger partial charge >= 0.3 is 0 Å². The number of nitrogens with one attached hydrogen (secondary N) is 2. The van der Waals surface area contributed by atoms with Gasteiger partial charge in [-0.1, -0.05) is 29.3 Å². The molecule has 1 amide bonds. The second-order valence-electron chi connectivity index (χ2n) is 3.48. The molecule has 2 aromatic rings. The van der Waals surface area contributed by atoms with E-state index in [2.05, 4.69) is 15.5 Å². The Balaban J connectivity index is 2.04. The summed E-state index contributed by atoms with van der Waals surface area (Å²) >= 11 is 11.7. The standard InChI is InChI=1S/C12H9Cl2N3O/c13-9-3-1-8(11(14)5-9)2-4-12(18)17-10-6-15-16-7-10/h1-7H,(H,15,16)(H,17,18)/b4-2+. The average molecular weight is 282 g/mol. The third kappa shape index (κ3) is 3.35. The summed E-state index contributed by atoms with van der Waals surface area (Å²) in [6.45, 7) is 0. The summed E-state index contributed by atoms with van der Waals surface area (Å²) in [5.74, 6) is -0.262. The molecule has 2 rings (SSSR count). The van der Waals surface area contributed by atoms with Gasteiger partial charge in [0.2, 0.25) is 5.91 Å². The van der Waals surface area contributed by atoms with Gasteiger partial charge in [0.25, 0.3) is 0 Å². The largest absolute Gasteiger partial charge is 0.320 e. The fourth-order valence-corrected chi connectivity index (χ4v) is 1.78. The van der Waals surface area contributed by atoms with E-state index in [1.165, 1.54) is 12.3 Å². The Bertz CT molecular complexity index is 579. The minimum Gasteiger partial charge on any atom is -0.320 e. The topological polar surface area (TPSA) is 57.8 Å². The van der Waals surface area contributed by atoms with Gasteiger partial charge in [-0.2, -0.15) is 5.10 Å². The number of H-pyrrole nitrogens is 1. The van der Waals surface area contributed by atoms with Crippen molar-refractivity contribution in [2.45, 2.75) is 0 Å². The van der Waals surface area contributed by atoms with Crippen molar-refractivity contribution >= 4 is 40.9 Å². The summed E-state index contributed by atoms with van der Waals surface area (Å²) in [4.78, 5) is 11.6. The van der Waals surface area contributed by atoms with Crippen LogP contribution < -0.4 is 5.32 Å². The molecule has 4 nitrogen and oxygen atoms in total. The van der Waals surface area contributed by atoms with E-state index in [0.717, 1.165) is 5.56 Å². The first kappa shape index (κ1) is 12.7. The van der Waals surface area contributed by atoms with Gasteiger partial charge in [-0.25, -0.2) is 0 Å². The molecule has 2 N–H and O–H groups in total. The number of benzene rings is 1. The maximum atomic E-state index is 11.6. The summed E-state index contributed by atoms with van der Waals surface area (Å²) in [6.07, 6.45) is 6.11. The predicted octanol–water partition coefficient (Wildman–Crippen LogP) is 3.37. The van der Waals surface area contributed by atoms with E-state index in [1.807, 2.05) is 0 Å². The van der Waals surface area contributed by atoms with E-state index in [4.69, 9.17) is 23.2 Å². The summed E-state index contributed by atoms with van der Waals surface area (Å²) in [6, 6.07) is 5.07. The van der Waals surface area contributed by atoms with E-state index >= 15 is 0 Å². The van der Waals surface area contributed by atoms with Gasteiger partial charge in [0, 0.05) is 22.3 Å². The summed E-state index contributed by atoms with van der Waals surface area (Å²) in [7, 11) is 0. The van der Waals surface area contributed by atoms with Crippen LogP contribution in [-0.4, -0.2) is 16.1 Å². The summed E-state index contributed by atoms with van der Waals surface area (Å²) in [5, 5.41) is 10.0. The number of anilines is 1. The van der Waals surface area contributed by atoms with Crippen molar-refractivity contribution in [1.29, 1.82) is 0 Å². The lowest BCUT2D eigenvalue weighted by Gasteiger charge is -1.99. The lowest BCUT2D eigenvalue weighted by atomic mass is 10.2.